The van der Waals surface area contributed by atoms with Crippen molar-refractivity contribution < 1.29 is 9.47 Å². The van der Waals surface area contributed by atoms with Gasteiger partial charge in [-0.25, -0.2) is 0 Å². The average molecular weight is 202 g/mol. The number of nitrogens with two attached hydrogens (primary N) is 1. The molecule has 0 bridgehead atoms. The van der Waals surface area contributed by atoms with Crippen molar-refractivity contribution in [3.05, 3.63) is 0 Å². The molecule has 14 heavy (non-hydrogen) atoms. The SMILES string of the molecule is COC1(C(COC(C)C)NN)CCC1. The third kappa shape index (κ3) is 2.45. The second kappa shape index (κ2) is 5.07. The highest BCUT2D eigenvalue weighted by atomic mass is 16.5. The molecule has 3 N–H and O–H groups in total. The Morgan fingerprint density at radius 2 is 2.07 bits per heavy atom. The van der Waals surface area contributed by atoms with Crippen molar-refractivity contribution in [1.29, 1.82) is 0 Å². The molecule has 4 nitrogen and oxygen atoms in total. The van der Waals surface area contributed by atoms with Crippen molar-refractivity contribution in [3.63, 3.8) is 0 Å². The summed E-state index contributed by atoms with van der Waals surface area (Å²) in [5.41, 5.74) is 2.71. The summed E-state index contributed by atoms with van der Waals surface area (Å²) >= 11 is 0. The third-order valence-corrected chi connectivity index (χ3v) is 3.04. The molecule has 1 atom stereocenters. The molecule has 84 valence electrons. The van der Waals surface area contributed by atoms with Crippen LogP contribution in [0, 0.1) is 0 Å². The van der Waals surface area contributed by atoms with Gasteiger partial charge in [-0.1, -0.05) is 0 Å². The molecule has 0 amide bonds. The van der Waals surface area contributed by atoms with Gasteiger partial charge in [-0.2, -0.15) is 0 Å². The number of rotatable bonds is 6. The first-order valence-electron chi connectivity index (χ1n) is 5.27. The maximum atomic E-state index is 5.56. The van der Waals surface area contributed by atoms with Crippen LogP contribution in [0.4, 0.5) is 0 Å². The van der Waals surface area contributed by atoms with Crippen molar-refractivity contribution in [2.75, 3.05) is 13.7 Å². The molecule has 1 fully saturated rings. The topological polar surface area (TPSA) is 56.5 Å². The molecule has 0 aromatic heterocycles. The van der Waals surface area contributed by atoms with Crippen molar-refractivity contribution >= 4 is 0 Å². The summed E-state index contributed by atoms with van der Waals surface area (Å²) in [6.07, 6.45) is 3.59. The Morgan fingerprint density at radius 3 is 2.36 bits per heavy atom. The van der Waals surface area contributed by atoms with E-state index in [1.807, 2.05) is 13.8 Å². The van der Waals surface area contributed by atoms with Crippen LogP contribution in [-0.4, -0.2) is 31.5 Å². The van der Waals surface area contributed by atoms with Gasteiger partial charge in [-0.15, -0.1) is 0 Å². The fourth-order valence-electron chi connectivity index (χ4n) is 1.86. The maximum absolute atomic E-state index is 5.56. The van der Waals surface area contributed by atoms with Gasteiger partial charge in [-0.3, -0.25) is 11.3 Å². The van der Waals surface area contributed by atoms with Gasteiger partial charge in [0.2, 0.25) is 0 Å². The number of nitrogens with one attached hydrogen (secondary N) is 1. The van der Waals surface area contributed by atoms with Gasteiger partial charge in [0.25, 0.3) is 0 Å². The van der Waals surface area contributed by atoms with Crippen LogP contribution in [0.2, 0.25) is 0 Å². The zero-order valence-electron chi connectivity index (χ0n) is 9.38. The Hall–Kier alpha value is -0.160. The van der Waals surface area contributed by atoms with Gasteiger partial charge >= 0.3 is 0 Å². The van der Waals surface area contributed by atoms with E-state index in [9.17, 15) is 0 Å². The average Bonchev–Trinajstić information content (AvgIpc) is 2.09. The molecule has 0 spiro atoms. The Bertz CT molecular complexity index is 164. The number of hydrazine groups is 1. The van der Waals surface area contributed by atoms with Crippen LogP contribution in [-0.2, 0) is 9.47 Å². The quantitative estimate of drug-likeness (QED) is 0.494. The van der Waals surface area contributed by atoms with Gasteiger partial charge in [0.15, 0.2) is 0 Å². The molecule has 1 aliphatic rings. The summed E-state index contributed by atoms with van der Waals surface area (Å²) in [4.78, 5) is 0. The van der Waals surface area contributed by atoms with Crippen molar-refractivity contribution in [3.8, 4) is 0 Å². The second-order valence-electron chi connectivity index (χ2n) is 4.22. The maximum Gasteiger partial charge on any atom is 0.0866 e. The van der Waals surface area contributed by atoms with Crippen molar-refractivity contribution in [2.24, 2.45) is 5.84 Å². The molecule has 1 saturated carbocycles. The van der Waals surface area contributed by atoms with Gasteiger partial charge < -0.3 is 9.47 Å². The molecule has 4 heteroatoms. The first-order chi connectivity index (χ1) is 6.64. The van der Waals surface area contributed by atoms with E-state index in [0.29, 0.717) is 6.61 Å². The Kier molecular flexibility index (Phi) is 4.31. The van der Waals surface area contributed by atoms with E-state index in [2.05, 4.69) is 5.43 Å². The fraction of sp³-hybridized carbons (Fsp3) is 1.00. The van der Waals surface area contributed by atoms with Crippen molar-refractivity contribution in [2.45, 2.75) is 50.9 Å². The van der Waals surface area contributed by atoms with E-state index < -0.39 is 0 Å². The monoisotopic (exact) mass is 202 g/mol. The lowest BCUT2D eigenvalue weighted by atomic mass is 9.75. The molecule has 0 aromatic rings. The minimum Gasteiger partial charge on any atom is -0.377 e. The summed E-state index contributed by atoms with van der Waals surface area (Å²) in [7, 11) is 1.75. The molecule has 0 radical (unpaired) electrons. The van der Waals surface area contributed by atoms with Crippen LogP contribution >= 0.6 is 0 Å². The molecule has 1 rings (SSSR count). The predicted molar refractivity (Wildman–Crippen MR) is 55.8 cm³/mol. The first kappa shape index (κ1) is 11.9. The van der Waals surface area contributed by atoms with E-state index in [0.717, 1.165) is 12.8 Å². The minimum absolute atomic E-state index is 0.0936. The second-order valence-corrected chi connectivity index (χ2v) is 4.22. The molecular formula is C10H22N2O2. The van der Waals surface area contributed by atoms with Crippen LogP contribution in [0.15, 0.2) is 0 Å². The zero-order chi connectivity index (χ0) is 10.6. The van der Waals surface area contributed by atoms with Crippen LogP contribution in [0.3, 0.4) is 0 Å². The van der Waals surface area contributed by atoms with Crippen molar-refractivity contribution in [1.82, 2.24) is 5.43 Å². The Balaban J connectivity index is 2.43. The summed E-state index contributed by atoms with van der Waals surface area (Å²) in [6, 6.07) is 0.101. The standard InChI is InChI=1S/C10H22N2O2/c1-8(2)14-7-9(12-11)10(13-3)5-4-6-10/h8-9,12H,4-7,11H2,1-3H3. The normalized spacial score (nSPS) is 22.1. The summed E-state index contributed by atoms with van der Waals surface area (Å²) in [6.45, 7) is 4.66. The zero-order valence-corrected chi connectivity index (χ0v) is 9.38. The molecular weight excluding hydrogens is 180 g/mol. The highest BCUT2D eigenvalue weighted by molar-refractivity contribution is 4.98. The highest BCUT2D eigenvalue weighted by Gasteiger charge is 2.44. The predicted octanol–water partition coefficient (Wildman–Crippen LogP) is 0.812. The van der Waals surface area contributed by atoms with E-state index in [-0.39, 0.29) is 17.7 Å². The largest absolute Gasteiger partial charge is 0.377 e. The molecule has 0 aromatic carbocycles. The molecule has 0 saturated heterocycles. The molecule has 0 aliphatic heterocycles. The highest BCUT2D eigenvalue weighted by Crippen LogP contribution is 2.37. The number of methoxy groups -OCH3 is 1. The summed E-state index contributed by atoms with van der Waals surface area (Å²) < 4.78 is 11.1. The van der Waals surface area contributed by atoms with Crippen LogP contribution in [0.1, 0.15) is 33.1 Å². The molecule has 1 aliphatic carbocycles. The van der Waals surface area contributed by atoms with E-state index >= 15 is 0 Å². The molecule has 0 heterocycles. The lowest BCUT2D eigenvalue weighted by Gasteiger charge is -2.46. The number of hydrogen-bond acceptors (Lipinski definition) is 4. The summed E-state index contributed by atoms with van der Waals surface area (Å²) in [5.74, 6) is 5.52. The lowest BCUT2D eigenvalue weighted by molar-refractivity contribution is -0.118. The lowest BCUT2D eigenvalue weighted by Crippen LogP contribution is -2.60. The van der Waals surface area contributed by atoms with Crippen LogP contribution in [0.25, 0.3) is 0 Å². The van der Waals surface area contributed by atoms with E-state index in [4.69, 9.17) is 15.3 Å². The smallest absolute Gasteiger partial charge is 0.0866 e. The minimum atomic E-state index is -0.0936. The Morgan fingerprint density at radius 1 is 1.43 bits per heavy atom. The Labute approximate surface area is 86.1 Å². The fourth-order valence-corrected chi connectivity index (χ4v) is 1.86. The van der Waals surface area contributed by atoms with Crippen LogP contribution in [0.5, 0.6) is 0 Å². The van der Waals surface area contributed by atoms with E-state index in [1.165, 1.54) is 6.42 Å². The van der Waals surface area contributed by atoms with Gasteiger partial charge in [0.1, 0.15) is 0 Å². The van der Waals surface area contributed by atoms with Gasteiger partial charge in [0.05, 0.1) is 24.4 Å². The van der Waals surface area contributed by atoms with Crippen LogP contribution < -0.4 is 11.3 Å². The number of ether oxygens (including phenoxy) is 2. The first-order valence-corrected chi connectivity index (χ1v) is 5.27. The third-order valence-electron chi connectivity index (χ3n) is 3.04. The summed E-state index contributed by atoms with van der Waals surface area (Å²) in [5, 5.41) is 0. The molecule has 1 unspecified atom stereocenters. The number of hydrogen-bond donors (Lipinski definition) is 2. The van der Waals surface area contributed by atoms with Gasteiger partial charge in [0, 0.05) is 7.11 Å². The van der Waals surface area contributed by atoms with E-state index in [1.54, 1.807) is 7.11 Å². The van der Waals surface area contributed by atoms with Gasteiger partial charge in [-0.05, 0) is 33.1 Å².